The van der Waals surface area contributed by atoms with Gasteiger partial charge in [0.15, 0.2) is 4.80 Å². The average Bonchev–Trinajstić information content (AvgIpc) is 3.07. The molecule has 0 bridgehead atoms. The van der Waals surface area contributed by atoms with Gasteiger partial charge in [-0.05, 0) is 24.3 Å². The highest BCUT2D eigenvalue weighted by Crippen LogP contribution is 2.24. The van der Waals surface area contributed by atoms with Crippen molar-refractivity contribution in [3.05, 3.63) is 52.8 Å². The standard InChI is InChI=1S/C20H20N2O5S/c1-25-13-8-9-17-15(12-13)22(11-10-18(23)27-3)20(28-17)21-19(24)14-6-4-5-7-16(14)26-2/h4-9,12H,10-11H2,1-3H3. The van der Waals surface area contributed by atoms with Crippen LogP contribution >= 0.6 is 11.3 Å². The highest BCUT2D eigenvalue weighted by Gasteiger charge is 2.14. The highest BCUT2D eigenvalue weighted by atomic mass is 32.1. The smallest absolute Gasteiger partial charge is 0.307 e. The largest absolute Gasteiger partial charge is 0.497 e. The molecule has 2 aromatic carbocycles. The molecular weight excluding hydrogens is 380 g/mol. The van der Waals surface area contributed by atoms with E-state index in [1.165, 1.54) is 25.6 Å². The van der Waals surface area contributed by atoms with E-state index in [9.17, 15) is 9.59 Å². The molecule has 0 aliphatic rings. The van der Waals surface area contributed by atoms with E-state index in [2.05, 4.69) is 4.99 Å². The van der Waals surface area contributed by atoms with Gasteiger partial charge in [-0.25, -0.2) is 0 Å². The third-order valence-electron chi connectivity index (χ3n) is 4.19. The summed E-state index contributed by atoms with van der Waals surface area (Å²) in [5.41, 5.74) is 1.21. The van der Waals surface area contributed by atoms with E-state index in [0.29, 0.717) is 28.4 Å². The maximum absolute atomic E-state index is 12.8. The van der Waals surface area contributed by atoms with Crippen molar-refractivity contribution in [2.45, 2.75) is 13.0 Å². The molecule has 0 atom stereocenters. The Bertz CT molecular complexity index is 1080. The first-order valence-electron chi connectivity index (χ1n) is 8.53. The second-order valence-electron chi connectivity index (χ2n) is 5.81. The van der Waals surface area contributed by atoms with Crippen molar-refractivity contribution >= 4 is 33.4 Å². The molecule has 8 heteroatoms. The molecule has 1 aromatic heterocycles. The van der Waals surface area contributed by atoms with Gasteiger partial charge in [0.1, 0.15) is 11.5 Å². The van der Waals surface area contributed by atoms with E-state index in [0.717, 1.165) is 10.2 Å². The van der Waals surface area contributed by atoms with E-state index in [1.807, 2.05) is 22.8 Å². The third kappa shape index (κ3) is 4.07. The molecule has 0 fully saturated rings. The summed E-state index contributed by atoms with van der Waals surface area (Å²) < 4.78 is 18.0. The minimum absolute atomic E-state index is 0.162. The van der Waals surface area contributed by atoms with Crippen LogP contribution in [0.5, 0.6) is 11.5 Å². The maximum Gasteiger partial charge on any atom is 0.307 e. The highest BCUT2D eigenvalue weighted by molar-refractivity contribution is 7.16. The number of methoxy groups -OCH3 is 3. The molecule has 7 nitrogen and oxygen atoms in total. The number of hydrogen-bond acceptors (Lipinski definition) is 6. The zero-order valence-corrected chi connectivity index (χ0v) is 16.6. The van der Waals surface area contributed by atoms with Crippen molar-refractivity contribution in [3.63, 3.8) is 0 Å². The van der Waals surface area contributed by atoms with Gasteiger partial charge in [0.2, 0.25) is 0 Å². The SMILES string of the molecule is COC(=O)CCn1c(=NC(=O)c2ccccc2OC)sc2ccc(OC)cc21. The Hall–Kier alpha value is -3.13. The number of carbonyl (C=O) groups excluding carboxylic acids is 2. The van der Waals surface area contributed by atoms with Crippen LogP contribution < -0.4 is 14.3 Å². The molecule has 0 N–H and O–H groups in total. The zero-order chi connectivity index (χ0) is 20.1. The van der Waals surface area contributed by atoms with Gasteiger partial charge in [-0.1, -0.05) is 23.5 Å². The second kappa shape index (κ2) is 8.71. The number of rotatable bonds is 6. The van der Waals surface area contributed by atoms with Crippen molar-refractivity contribution in [1.82, 2.24) is 4.57 Å². The lowest BCUT2D eigenvalue weighted by Crippen LogP contribution is -2.19. The molecule has 3 aromatic rings. The van der Waals surface area contributed by atoms with Crippen molar-refractivity contribution in [2.75, 3.05) is 21.3 Å². The molecule has 0 unspecified atom stereocenters. The van der Waals surface area contributed by atoms with Crippen LogP contribution in [-0.2, 0) is 16.1 Å². The molecule has 0 saturated carbocycles. The van der Waals surface area contributed by atoms with Crippen LogP contribution in [0.15, 0.2) is 47.5 Å². The maximum atomic E-state index is 12.8. The Morgan fingerprint density at radius 3 is 2.57 bits per heavy atom. The van der Waals surface area contributed by atoms with Gasteiger partial charge in [0.25, 0.3) is 5.91 Å². The van der Waals surface area contributed by atoms with Crippen LogP contribution in [0.25, 0.3) is 10.2 Å². The fourth-order valence-corrected chi connectivity index (χ4v) is 3.79. The summed E-state index contributed by atoms with van der Waals surface area (Å²) in [6.07, 6.45) is 0.162. The molecule has 146 valence electrons. The summed E-state index contributed by atoms with van der Waals surface area (Å²) in [6, 6.07) is 12.5. The molecule has 3 rings (SSSR count). The normalized spacial score (nSPS) is 11.5. The van der Waals surface area contributed by atoms with Crippen LogP contribution in [0.1, 0.15) is 16.8 Å². The lowest BCUT2D eigenvalue weighted by Gasteiger charge is -2.06. The van der Waals surface area contributed by atoms with Crippen LogP contribution in [0, 0.1) is 0 Å². The number of nitrogens with zero attached hydrogens (tertiary/aromatic N) is 2. The second-order valence-corrected chi connectivity index (χ2v) is 6.82. The Labute approximate surface area is 165 Å². The molecular formula is C20H20N2O5S. The van der Waals surface area contributed by atoms with Crippen LogP contribution in [0.4, 0.5) is 0 Å². The number of thiazole rings is 1. The Kier molecular flexibility index (Phi) is 6.10. The summed E-state index contributed by atoms with van der Waals surface area (Å²) >= 11 is 1.37. The molecule has 1 amide bonds. The molecule has 0 aliphatic heterocycles. The Balaban J connectivity index is 2.11. The molecule has 1 heterocycles. The fourth-order valence-electron chi connectivity index (χ4n) is 2.75. The van der Waals surface area contributed by atoms with E-state index in [1.54, 1.807) is 31.4 Å². The monoisotopic (exact) mass is 400 g/mol. The number of hydrogen-bond donors (Lipinski definition) is 0. The first-order chi connectivity index (χ1) is 13.6. The van der Waals surface area contributed by atoms with Crippen molar-refractivity contribution < 1.29 is 23.8 Å². The van der Waals surface area contributed by atoms with Gasteiger partial charge in [0, 0.05) is 12.6 Å². The lowest BCUT2D eigenvalue weighted by molar-refractivity contribution is -0.140. The minimum atomic E-state index is -0.414. The summed E-state index contributed by atoms with van der Waals surface area (Å²) in [7, 11) is 4.44. The predicted octanol–water partition coefficient (Wildman–Crippen LogP) is 3.02. The first-order valence-corrected chi connectivity index (χ1v) is 9.35. The zero-order valence-electron chi connectivity index (χ0n) is 15.8. The van der Waals surface area contributed by atoms with Gasteiger partial charge in [0.05, 0.1) is 43.5 Å². The Morgan fingerprint density at radius 2 is 1.86 bits per heavy atom. The fraction of sp³-hybridized carbons (Fsp3) is 0.250. The molecule has 0 saturated heterocycles. The summed E-state index contributed by atoms with van der Waals surface area (Å²) in [5, 5.41) is 0. The molecule has 0 aliphatic carbocycles. The number of benzene rings is 2. The van der Waals surface area contributed by atoms with Gasteiger partial charge >= 0.3 is 5.97 Å². The summed E-state index contributed by atoms with van der Waals surface area (Å²) in [5.74, 6) is 0.388. The third-order valence-corrected chi connectivity index (χ3v) is 5.25. The number of amides is 1. The van der Waals surface area contributed by atoms with Crippen LogP contribution in [0.2, 0.25) is 0 Å². The number of ether oxygens (including phenoxy) is 3. The number of aromatic nitrogens is 1. The van der Waals surface area contributed by atoms with Gasteiger partial charge < -0.3 is 18.8 Å². The first kappa shape index (κ1) is 19.6. The topological polar surface area (TPSA) is 79.1 Å². The predicted molar refractivity (Wildman–Crippen MR) is 106 cm³/mol. The number of aryl methyl sites for hydroxylation is 1. The van der Waals surface area contributed by atoms with E-state index in [-0.39, 0.29) is 12.4 Å². The number of para-hydroxylation sites is 1. The van der Waals surface area contributed by atoms with Crippen LogP contribution in [0.3, 0.4) is 0 Å². The molecule has 0 radical (unpaired) electrons. The lowest BCUT2D eigenvalue weighted by atomic mass is 10.2. The van der Waals surface area contributed by atoms with Crippen molar-refractivity contribution in [3.8, 4) is 11.5 Å². The number of carbonyl (C=O) groups is 2. The Morgan fingerprint density at radius 1 is 1.07 bits per heavy atom. The minimum Gasteiger partial charge on any atom is -0.497 e. The molecule has 28 heavy (non-hydrogen) atoms. The quantitative estimate of drug-likeness (QED) is 0.594. The van der Waals surface area contributed by atoms with Crippen molar-refractivity contribution in [2.24, 2.45) is 4.99 Å². The van der Waals surface area contributed by atoms with E-state index in [4.69, 9.17) is 14.2 Å². The van der Waals surface area contributed by atoms with E-state index < -0.39 is 5.91 Å². The summed E-state index contributed by atoms with van der Waals surface area (Å²) in [4.78, 5) is 29.2. The summed E-state index contributed by atoms with van der Waals surface area (Å²) in [6.45, 7) is 0.331. The average molecular weight is 400 g/mol. The van der Waals surface area contributed by atoms with Gasteiger partial charge in [-0.3, -0.25) is 9.59 Å². The van der Waals surface area contributed by atoms with E-state index >= 15 is 0 Å². The van der Waals surface area contributed by atoms with Gasteiger partial charge in [-0.2, -0.15) is 4.99 Å². The number of esters is 1. The van der Waals surface area contributed by atoms with Crippen molar-refractivity contribution in [1.29, 1.82) is 0 Å². The molecule has 0 spiro atoms. The van der Waals surface area contributed by atoms with Crippen LogP contribution in [-0.4, -0.2) is 37.8 Å². The van der Waals surface area contributed by atoms with Gasteiger partial charge in [-0.15, -0.1) is 0 Å². The number of fused-ring (bicyclic) bond motifs is 1.